The molecule has 1 fully saturated rings. The van der Waals surface area contributed by atoms with Crippen LogP contribution in [0.15, 0.2) is 41.3 Å². The van der Waals surface area contributed by atoms with Crippen LogP contribution in [0.1, 0.15) is 55.6 Å². The van der Waals surface area contributed by atoms with Gasteiger partial charge in [0.1, 0.15) is 0 Å². The largest absolute Gasteiger partial charge is 0.302 e. The fraction of sp³-hybridized carbons (Fsp3) is 0.517. The third kappa shape index (κ3) is 7.00. The highest BCUT2D eigenvalue weighted by molar-refractivity contribution is 7.89. The van der Waals surface area contributed by atoms with Gasteiger partial charge < -0.3 is 4.90 Å². The lowest BCUT2D eigenvalue weighted by molar-refractivity contribution is 0.0983. The first-order valence-corrected chi connectivity index (χ1v) is 15.8. The van der Waals surface area contributed by atoms with Gasteiger partial charge in [0.05, 0.1) is 15.1 Å². The van der Waals surface area contributed by atoms with Crippen molar-refractivity contribution in [3.8, 4) is 0 Å². The van der Waals surface area contributed by atoms with Gasteiger partial charge in [-0.05, 0) is 86.7 Å². The van der Waals surface area contributed by atoms with Crippen LogP contribution in [0.4, 0.5) is 5.13 Å². The molecule has 0 saturated carbocycles. The first-order chi connectivity index (χ1) is 18.0. The van der Waals surface area contributed by atoms with Crippen molar-refractivity contribution in [2.24, 2.45) is 11.8 Å². The van der Waals surface area contributed by atoms with E-state index in [-0.39, 0.29) is 23.2 Å². The Balaban J connectivity index is 0.00000420. The van der Waals surface area contributed by atoms with Crippen LogP contribution in [0, 0.1) is 25.7 Å². The number of aryl methyl sites for hydroxylation is 2. The first kappa shape index (κ1) is 31.5. The summed E-state index contributed by atoms with van der Waals surface area (Å²) in [6.07, 6.45) is 1.04. The Morgan fingerprint density at radius 1 is 1.03 bits per heavy atom. The van der Waals surface area contributed by atoms with Gasteiger partial charge in [0.25, 0.3) is 5.91 Å². The van der Waals surface area contributed by atoms with Gasteiger partial charge in [0.2, 0.25) is 10.0 Å². The molecule has 1 saturated heterocycles. The van der Waals surface area contributed by atoms with E-state index in [0.717, 1.165) is 41.8 Å². The van der Waals surface area contributed by atoms with Crippen molar-refractivity contribution in [2.45, 2.75) is 52.9 Å². The highest BCUT2D eigenvalue weighted by Gasteiger charge is 2.32. The topological polar surface area (TPSA) is 73.8 Å². The number of benzene rings is 2. The molecule has 0 bridgehead atoms. The lowest BCUT2D eigenvalue weighted by atomic mass is 9.94. The second kappa shape index (κ2) is 13.1. The van der Waals surface area contributed by atoms with Crippen molar-refractivity contribution < 1.29 is 13.2 Å². The third-order valence-electron chi connectivity index (χ3n) is 7.40. The molecule has 0 radical (unpaired) electrons. The van der Waals surface area contributed by atoms with E-state index in [9.17, 15) is 13.2 Å². The molecular weight excluding hydrogens is 552 g/mol. The number of aromatic nitrogens is 1. The second-order valence-corrected chi connectivity index (χ2v) is 13.6. The highest BCUT2D eigenvalue weighted by atomic mass is 35.5. The number of thiazole rings is 1. The van der Waals surface area contributed by atoms with Gasteiger partial charge in [-0.25, -0.2) is 13.4 Å². The molecule has 2 aromatic carbocycles. The number of hydrogen-bond acceptors (Lipinski definition) is 6. The molecule has 7 nitrogen and oxygen atoms in total. The van der Waals surface area contributed by atoms with Crippen molar-refractivity contribution >= 4 is 55.0 Å². The quantitative estimate of drug-likeness (QED) is 0.305. The van der Waals surface area contributed by atoms with Crippen LogP contribution in [0.5, 0.6) is 0 Å². The summed E-state index contributed by atoms with van der Waals surface area (Å²) in [7, 11) is -3.61. The van der Waals surface area contributed by atoms with Crippen molar-refractivity contribution in [3.63, 3.8) is 0 Å². The average molecular weight is 593 g/mol. The molecule has 4 rings (SSSR count). The summed E-state index contributed by atoms with van der Waals surface area (Å²) in [6.45, 7) is 16.6. The molecule has 1 amide bonds. The molecule has 2 unspecified atom stereocenters. The Hall–Kier alpha value is -2.04. The van der Waals surface area contributed by atoms with Crippen LogP contribution in [0.2, 0.25) is 0 Å². The number of sulfonamides is 1. The first-order valence-electron chi connectivity index (χ1n) is 13.6. The van der Waals surface area contributed by atoms with Gasteiger partial charge in [-0.15, -0.1) is 12.4 Å². The van der Waals surface area contributed by atoms with Gasteiger partial charge in [-0.1, -0.05) is 45.1 Å². The number of carbonyl (C=O) groups excluding carboxylic acids is 1. The molecule has 3 aromatic rings. The second-order valence-electron chi connectivity index (χ2n) is 10.7. The molecule has 1 aliphatic rings. The van der Waals surface area contributed by atoms with Gasteiger partial charge in [0, 0.05) is 31.7 Å². The number of carbonyl (C=O) groups is 1. The van der Waals surface area contributed by atoms with E-state index >= 15 is 0 Å². The van der Waals surface area contributed by atoms with Crippen LogP contribution < -0.4 is 4.90 Å². The van der Waals surface area contributed by atoms with E-state index in [1.165, 1.54) is 16.9 Å². The van der Waals surface area contributed by atoms with E-state index in [1.807, 2.05) is 6.92 Å². The molecule has 214 valence electrons. The summed E-state index contributed by atoms with van der Waals surface area (Å²) in [5.41, 5.74) is 3.63. The predicted molar refractivity (Wildman–Crippen MR) is 164 cm³/mol. The Morgan fingerprint density at radius 3 is 2.23 bits per heavy atom. The molecule has 2 heterocycles. The average Bonchev–Trinajstić information content (AvgIpc) is 3.30. The molecule has 10 heteroatoms. The molecular formula is C29H41ClN4O3S2. The van der Waals surface area contributed by atoms with Gasteiger partial charge in [-0.2, -0.15) is 4.31 Å². The van der Waals surface area contributed by atoms with Crippen LogP contribution in [0.25, 0.3) is 10.2 Å². The van der Waals surface area contributed by atoms with E-state index in [1.54, 1.807) is 33.5 Å². The number of fused-ring (bicyclic) bond motifs is 1. The standard InChI is InChI=1S/C29H40N4O3S2.ClH/c1-7-31(8-2)13-14-33(29-30-27-23(6)16-20(3)17-26(27)37-29)28(34)24-9-11-25(12-10-24)38(35,36)32-18-21(4)15-22(5)19-32;/h9-12,16-17,21-22H,7-8,13-15,18-19H2,1-6H3;1H. The molecule has 1 aliphatic heterocycles. The number of rotatable bonds is 9. The highest BCUT2D eigenvalue weighted by Crippen LogP contribution is 2.33. The zero-order valence-electron chi connectivity index (χ0n) is 23.8. The Labute approximate surface area is 243 Å². The maximum atomic E-state index is 13.8. The molecule has 1 aromatic heterocycles. The maximum Gasteiger partial charge on any atom is 0.260 e. The summed E-state index contributed by atoms with van der Waals surface area (Å²) < 4.78 is 29.3. The van der Waals surface area contributed by atoms with Crippen LogP contribution in [0.3, 0.4) is 0 Å². The molecule has 39 heavy (non-hydrogen) atoms. The van der Waals surface area contributed by atoms with E-state index in [2.05, 4.69) is 51.7 Å². The summed E-state index contributed by atoms with van der Waals surface area (Å²) in [4.78, 5) is 22.9. The lowest BCUT2D eigenvalue weighted by Crippen LogP contribution is -2.42. The monoisotopic (exact) mass is 592 g/mol. The number of anilines is 1. The number of nitrogens with zero attached hydrogens (tertiary/aromatic N) is 4. The summed E-state index contributed by atoms with van der Waals surface area (Å²) >= 11 is 1.52. The van der Waals surface area contributed by atoms with E-state index < -0.39 is 10.0 Å². The van der Waals surface area contributed by atoms with Gasteiger partial charge in [-0.3, -0.25) is 9.69 Å². The zero-order chi connectivity index (χ0) is 27.6. The Bertz CT molecular complexity index is 1380. The minimum Gasteiger partial charge on any atom is -0.302 e. The maximum absolute atomic E-state index is 13.8. The molecule has 0 N–H and O–H groups in total. The van der Waals surface area contributed by atoms with Gasteiger partial charge >= 0.3 is 0 Å². The van der Waals surface area contributed by atoms with Crippen molar-refractivity contribution in [1.82, 2.24) is 14.2 Å². The number of piperidine rings is 1. The van der Waals surface area contributed by atoms with Crippen LogP contribution >= 0.6 is 23.7 Å². The SMILES string of the molecule is CCN(CC)CCN(C(=O)c1ccc(S(=O)(=O)N2CC(C)CC(C)C2)cc1)c1nc2c(C)cc(C)cc2s1.Cl. The fourth-order valence-corrected chi connectivity index (χ4v) is 8.26. The molecule has 0 spiro atoms. The fourth-order valence-electron chi connectivity index (χ4n) is 5.42. The summed E-state index contributed by atoms with van der Waals surface area (Å²) in [6, 6.07) is 10.6. The zero-order valence-corrected chi connectivity index (χ0v) is 26.3. The number of amides is 1. The molecule has 2 atom stereocenters. The van der Waals surface area contributed by atoms with Crippen molar-refractivity contribution in [1.29, 1.82) is 0 Å². The summed E-state index contributed by atoms with van der Waals surface area (Å²) in [5.74, 6) is 0.486. The van der Waals surface area contributed by atoms with Gasteiger partial charge in [0.15, 0.2) is 5.13 Å². The number of hydrogen-bond donors (Lipinski definition) is 0. The van der Waals surface area contributed by atoms with Crippen LogP contribution in [-0.4, -0.2) is 67.8 Å². The number of likely N-dealkylation sites (N-methyl/N-ethyl adjacent to an activating group) is 1. The minimum atomic E-state index is -3.61. The Morgan fingerprint density at radius 2 is 1.64 bits per heavy atom. The predicted octanol–water partition coefficient (Wildman–Crippen LogP) is 5.99. The minimum absolute atomic E-state index is 0. The van der Waals surface area contributed by atoms with E-state index in [0.29, 0.717) is 42.2 Å². The van der Waals surface area contributed by atoms with E-state index in [4.69, 9.17) is 4.98 Å². The third-order valence-corrected chi connectivity index (χ3v) is 10.3. The Kier molecular flexibility index (Phi) is 10.6. The lowest BCUT2D eigenvalue weighted by Gasteiger charge is -2.34. The smallest absolute Gasteiger partial charge is 0.260 e. The normalized spacial score (nSPS) is 18.3. The van der Waals surface area contributed by atoms with Crippen LogP contribution in [-0.2, 0) is 10.0 Å². The van der Waals surface area contributed by atoms with Crippen molar-refractivity contribution in [2.75, 3.05) is 44.2 Å². The summed E-state index contributed by atoms with van der Waals surface area (Å²) in [5, 5.41) is 0.666. The number of halogens is 1. The molecule has 0 aliphatic carbocycles. The van der Waals surface area contributed by atoms with Crippen molar-refractivity contribution in [3.05, 3.63) is 53.1 Å².